The highest BCUT2D eigenvalue weighted by Gasteiger charge is 2.45. The summed E-state index contributed by atoms with van der Waals surface area (Å²) in [6.07, 6.45) is 1.55. The van der Waals surface area contributed by atoms with Crippen LogP contribution in [0.2, 0.25) is 5.02 Å². The number of thiocarbonyl (C=S) groups is 1. The number of halogens is 1. The molecule has 102 valence electrons. The van der Waals surface area contributed by atoms with Crippen molar-refractivity contribution in [2.75, 3.05) is 10.7 Å². The van der Waals surface area contributed by atoms with Crippen molar-refractivity contribution in [3.05, 3.63) is 59.2 Å². The molecule has 1 aliphatic heterocycles. The molecule has 0 aliphatic carbocycles. The van der Waals surface area contributed by atoms with E-state index >= 15 is 0 Å². The zero-order valence-corrected chi connectivity index (χ0v) is 12.8. The van der Waals surface area contributed by atoms with E-state index in [1.165, 1.54) is 11.8 Å². The number of nitrogens with zero attached hydrogens (tertiary/aromatic N) is 2. The fourth-order valence-corrected chi connectivity index (χ4v) is 3.67. The highest BCUT2D eigenvalue weighted by atomic mass is 35.5. The molecule has 3 rings (SSSR count). The van der Waals surface area contributed by atoms with E-state index in [0.717, 1.165) is 5.56 Å². The lowest BCUT2D eigenvalue weighted by Crippen LogP contribution is -2.45. The molecule has 1 aromatic heterocycles. The molecule has 0 saturated carbocycles. The van der Waals surface area contributed by atoms with Gasteiger partial charge in [0.1, 0.15) is 10.1 Å². The van der Waals surface area contributed by atoms with Crippen LogP contribution in [0.15, 0.2) is 48.7 Å². The van der Waals surface area contributed by atoms with Gasteiger partial charge in [0.2, 0.25) is 0 Å². The van der Waals surface area contributed by atoms with Crippen LogP contribution in [0.4, 0.5) is 5.82 Å². The SMILES string of the molecule is OC1(c2ccccc2)CSC(=S)N1c1ccc(Cl)cn1. The molecule has 0 radical (unpaired) electrons. The number of hydrogen-bond donors (Lipinski definition) is 1. The third-order valence-corrected chi connectivity index (χ3v) is 4.86. The molecular weight excluding hydrogens is 312 g/mol. The monoisotopic (exact) mass is 322 g/mol. The lowest BCUT2D eigenvalue weighted by Gasteiger charge is -2.33. The number of hydrogen-bond acceptors (Lipinski definition) is 4. The second-order valence-electron chi connectivity index (χ2n) is 4.41. The Kier molecular flexibility index (Phi) is 3.69. The van der Waals surface area contributed by atoms with Crippen molar-refractivity contribution in [2.45, 2.75) is 5.72 Å². The van der Waals surface area contributed by atoms with Crippen LogP contribution in [0, 0.1) is 0 Å². The fourth-order valence-electron chi connectivity index (χ4n) is 2.14. The molecule has 1 aliphatic rings. The van der Waals surface area contributed by atoms with Gasteiger partial charge in [0, 0.05) is 11.8 Å². The second-order valence-corrected chi connectivity index (χ2v) is 6.45. The molecule has 3 nitrogen and oxygen atoms in total. The van der Waals surface area contributed by atoms with Gasteiger partial charge in [-0.3, -0.25) is 4.90 Å². The van der Waals surface area contributed by atoms with Crippen LogP contribution in [0.3, 0.4) is 0 Å². The van der Waals surface area contributed by atoms with E-state index in [1.807, 2.05) is 30.3 Å². The topological polar surface area (TPSA) is 36.4 Å². The maximum absolute atomic E-state index is 11.1. The van der Waals surface area contributed by atoms with Gasteiger partial charge in [0.25, 0.3) is 0 Å². The molecule has 1 saturated heterocycles. The van der Waals surface area contributed by atoms with Crippen molar-refractivity contribution in [2.24, 2.45) is 0 Å². The van der Waals surface area contributed by atoms with Gasteiger partial charge in [-0.25, -0.2) is 4.98 Å². The van der Waals surface area contributed by atoms with Crippen LogP contribution in [0.1, 0.15) is 5.56 Å². The molecule has 1 atom stereocenters. The van der Waals surface area contributed by atoms with Gasteiger partial charge in [0.05, 0.1) is 10.8 Å². The molecular formula is C14H11ClN2OS2. The lowest BCUT2D eigenvalue weighted by molar-refractivity contribution is 0.0766. The van der Waals surface area contributed by atoms with Gasteiger partial charge in [0.15, 0.2) is 5.72 Å². The van der Waals surface area contributed by atoms with Crippen molar-refractivity contribution in [1.29, 1.82) is 0 Å². The lowest BCUT2D eigenvalue weighted by atomic mass is 10.0. The standard InChI is InChI=1S/C14H11ClN2OS2/c15-11-6-7-12(16-8-11)17-13(19)20-9-14(17,18)10-4-2-1-3-5-10/h1-8,18H,9H2. The van der Waals surface area contributed by atoms with E-state index in [-0.39, 0.29) is 0 Å². The van der Waals surface area contributed by atoms with E-state index in [9.17, 15) is 5.11 Å². The van der Waals surface area contributed by atoms with Crippen LogP contribution < -0.4 is 4.90 Å². The van der Waals surface area contributed by atoms with Crippen molar-refractivity contribution >= 4 is 45.7 Å². The Labute approximate surface area is 131 Å². The summed E-state index contributed by atoms with van der Waals surface area (Å²) in [5, 5.41) is 11.6. The largest absolute Gasteiger partial charge is 0.366 e. The van der Waals surface area contributed by atoms with Gasteiger partial charge in [-0.2, -0.15) is 0 Å². The first-order valence-corrected chi connectivity index (χ1v) is 7.75. The first-order chi connectivity index (χ1) is 9.61. The minimum Gasteiger partial charge on any atom is -0.366 e. The molecule has 6 heteroatoms. The average molecular weight is 323 g/mol. The zero-order valence-electron chi connectivity index (χ0n) is 10.4. The molecule has 0 spiro atoms. The zero-order chi connectivity index (χ0) is 14.2. The molecule has 0 amide bonds. The van der Waals surface area contributed by atoms with Gasteiger partial charge in [-0.05, 0) is 12.1 Å². The van der Waals surface area contributed by atoms with Crippen molar-refractivity contribution in [1.82, 2.24) is 4.98 Å². The van der Waals surface area contributed by atoms with E-state index < -0.39 is 5.72 Å². The summed E-state index contributed by atoms with van der Waals surface area (Å²) in [5.74, 6) is 1.07. The predicted octanol–water partition coefficient (Wildman–Crippen LogP) is 3.42. The molecule has 1 aromatic carbocycles. The minimum absolute atomic E-state index is 0.472. The molecule has 1 fully saturated rings. The normalized spacial score (nSPS) is 22.3. The van der Waals surface area contributed by atoms with E-state index in [1.54, 1.807) is 23.2 Å². The summed E-state index contributed by atoms with van der Waals surface area (Å²) >= 11 is 12.7. The minimum atomic E-state index is -1.18. The Balaban J connectivity index is 2.07. The number of thioether (sulfide) groups is 1. The van der Waals surface area contributed by atoms with Crippen LogP contribution in [0.5, 0.6) is 0 Å². The quantitative estimate of drug-likeness (QED) is 0.857. The summed E-state index contributed by atoms with van der Waals surface area (Å²) in [7, 11) is 0. The molecule has 1 unspecified atom stereocenters. The summed E-state index contributed by atoms with van der Waals surface area (Å²) in [4.78, 5) is 5.94. The predicted molar refractivity (Wildman–Crippen MR) is 87.1 cm³/mol. The molecule has 1 N–H and O–H groups in total. The fraction of sp³-hybridized carbons (Fsp3) is 0.143. The number of pyridine rings is 1. The van der Waals surface area contributed by atoms with Crippen LogP contribution >= 0.6 is 35.6 Å². The van der Waals surface area contributed by atoms with Gasteiger partial charge in [-0.15, -0.1) is 0 Å². The van der Waals surface area contributed by atoms with Gasteiger partial charge < -0.3 is 5.11 Å². The first kappa shape index (κ1) is 13.8. The maximum Gasteiger partial charge on any atom is 0.180 e. The number of aromatic nitrogens is 1. The van der Waals surface area contributed by atoms with Crippen LogP contribution in [-0.4, -0.2) is 20.2 Å². The third kappa shape index (κ3) is 2.31. The number of rotatable bonds is 2. The van der Waals surface area contributed by atoms with E-state index in [2.05, 4.69) is 4.98 Å². The Bertz CT molecular complexity index is 635. The average Bonchev–Trinajstić information content (AvgIpc) is 2.78. The van der Waals surface area contributed by atoms with Crippen LogP contribution in [0.25, 0.3) is 0 Å². The van der Waals surface area contributed by atoms with Crippen molar-refractivity contribution < 1.29 is 5.11 Å². The second kappa shape index (κ2) is 5.33. The summed E-state index contributed by atoms with van der Waals surface area (Å²) in [6.45, 7) is 0. The third-order valence-electron chi connectivity index (χ3n) is 3.13. The number of aliphatic hydroxyl groups is 1. The van der Waals surface area contributed by atoms with E-state index in [0.29, 0.717) is 20.9 Å². The molecule has 2 aromatic rings. The Morgan fingerprint density at radius 1 is 1.25 bits per heavy atom. The van der Waals surface area contributed by atoms with E-state index in [4.69, 9.17) is 23.8 Å². The smallest absolute Gasteiger partial charge is 0.180 e. The van der Waals surface area contributed by atoms with Gasteiger partial charge >= 0.3 is 0 Å². The maximum atomic E-state index is 11.1. The summed E-state index contributed by atoms with van der Waals surface area (Å²) in [6, 6.07) is 13.0. The first-order valence-electron chi connectivity index (χ1n) is 5.98. The Morgan fingerprint density at radius 3 is 2.65 bits per heavy atom. The van der Waals surface area contributed by atoms with Gasteiger partial charge in [-0.1, -0.05) is 65.9 Å². The van der Waals surface area contributed by atoms with Crippen molar-refractivity contribution in [3.63, 3.8) is 0 Å². The van der Waals surface area contributed by atoms with Crippen LogP contribution in [-0.2, 0) is 5.72 Å². The Morgan fingerprint density at radius 2 is 2.00 bits per heavy atom. The molecule has 0 bridgehead atoms. The van der Waals surface area contributed by atoms with Crippen molar-refractivity contribution in [3.8, 4) is 0 Å². The number of anilines is 1. The number of benzene rings is 1. The Hall–Kier alpha value is -1.14. The molecule has 20 heavy (non-hydrogen) atoms. The highest BCUT2D eigenvalue weighted by molar-refractivity contribution is 8.23. The summed E-state index contributed by atoms with van der Waals surface area (Å²) < 4.78 is 0.603. The summed E-state index contributed by atoms with van der Waals surface area (Å²) in [5.41, 5.74) is -0.381. The highest BCUT2D eigenvalue weighted by Crippen LogP contribution is 2.41. The molecule has 2 heterocycles.